The SMILES string of the molecule is CC/C=C\C/C=C\C/C=C\C/C=C\CCC(CCCCCCCC(=O)O)OC(=O)CCCCCCCC. The third-order valence-corrected chi connectivity index (χ3v) is 6.32. The second-order valence-corrected chi connectivity index (χ2v) is 9.91. The molecule has 0 amide bonds. The van der Waals surface area contributed by atoms with E-state index in [1.54, 1.807) is 0 Å². The molecule has 0 heterocycles. The first-order chi connectivity index (χ1) is 18.1. The van der Waals surface area contributed by atoms with Crippen molar-refractivity contribution in [1.82, 2.24) is 0 Å². The van der Waals surface area contributed by atoms with E-state index in [0.717, 1.165) is 89.9 Å². The molecule has 0 aromatic carbocycles. The van der Waals surface area contributed by atoms with Crippen molar-refractivity contribution in [1.29, 1.82) is 0 Å². The van der Waals surface area contributed by atoms with Gasteiger partial charge in [0.15, 0.2) is 0 Å². The number of aliphatic carboxylic acids is 1. The summed E-state index contributed by atoms with van der Waals surface area (Å²) >= 11 is 0. The molecule has 0 spiro atoms. The van der Waals surface area contributed by atoms with Crippen LogP contribution in [0.2, 0.25) is 0 Å². The summed E-state index contributed by atoms with van der Waals surface area (Å²) in [6.45, 7) is 4.36. The van der Waals surface area contributed by atoms with Crippen LogP contribution >= 0.6 is 0 Å². The van der Waals surface area contributed by atoms with Crippen molar-refractivity contribution in [2.24, 2.45) is 0 Å². The van der Waals surface area contributed by atoms with Gasteiger partial charge in [-0.1, -0.05) is 114 Å². The molecule has 4 heteroatoms. The highest BCUT2D eigenvalue weighted by Gasteiger charge is 2.13. The van der Waals surface area contributed by atoms with Gasteiger partial charge in [-0.05, 0) is 64.2 Å². The standard InChI is InChI=1S/C33H56O4/c1-3-5-7-9-11-12-13-14-15-16-17-19-23-27-31(28-24-20-18-21-25-29-32(34)35)37-33(36)30-26-22-10-8-6-4-2/h5,7,11-12,14-15,17,19,31H,3-4,6,8-10,13,16,18,20-30H2,1-2H3,(H,34,35)/b7-5-,12-11-,15-14-,19-17-. The van der Waals surface area contributed by atoms with Crippen LogP contribution in [-0.4, -0.2) is 23.1 Å². The quantitative estimate of drug-likeness (QED) is 0.0705. The van der Waals surface area contributed by atoms with Crippen LogP contribution in [0.15, 0.2) is 48.6 Å². The molecule has 0 aliphatic heterocycles. The molecule has 0 aliphatic rings. The summed E-state index contributed by atoms with van der Waals surface area (Å²) in [6, 6.07) is 0. The lowest BCUT2D eigenvalue weighted by molar-refractivity contribution is -0.150. The van der Waals surface area contributed by atoms with Crippen LogP contribution < -0.4 is 0 Å². The second kappa shape index (κ2) is 28.5. The first-order valence-electron chi connectivity index (χ1n) is 15.1. The molecular formula is C33H56O4. The maximum Gasteiger partial charge on any atom is 0.306 e. The zero-order valence-corrected chi connectivity index (χ0v) is 24.0. The Kier molecular flexibility index (Phi) is 26.9. The number of hydrogen-bond donors (Lipinski definition) is 1. The summed E-state index contributed by atoms with van der Waals surface area (Å²) in [7, 11) is 0. The molecule has 0 aliphatic carbocycles. The normalized spacial score (nSPS) is 12.9. The molecular weight excluding hydrogens is 460 g/mol. The number of allylic oxidation sites excluding steroid dienone is 8. The van der Waals surface area contributed by atoms with E-state index in [0.29, 0.717) is 6.42 Å². The van der Waals surface area contributed by atoms with Crippen molar-refractivity contribution in [3.8, 4) is 0 Å². The minimum atomic E-state index is -0.715. The van der Waals surface area contributed by atoms with Crippen LogP contribution in [0.5, 0.6) is 0 Å². The van der Waals surface area contributed by atoms with Gasteiger partial charge in [-0.15, -0.1) is 0 Å². The van der Waals surface area contributed by atoms with Crippen LogP contribution in [0.25, 0.3) is 0 Å². The zero-order valence-electron chi connectivity index (χ0n) is 24.0. The van der Waals surface area contributed by atoms with Crippen LogP contribution in [0.4, 0.5) is 0 Å². The fourth-order valence-electron chi connectivity index (χ4n) is 4.11. The lowest BCUT2D eigenvalue weighted by atomic mass is 10.0. The predicted molar refractivity (Wildman–Crippen MR) is 158 cm³/mol. The molecule has 1 atom stereocenters. The van der Waals surface area contributed by atoms with Crippen LogP contribution in [0, 0.1) is 0 Å². The predicted octanol–water partition coefficient (Wildman–Crippen LogP) is 10.0. The van der Waals surface area contributed by atoms with Crippen molar-refractivity contribution in [3.63, 3.8) is 0 Å². The smallest absolute Gasteiger partial charge is 0.306 e. The van der Waals surface area contributed by atoms with Gasteiger partial charge in [0.2, 0.25) is 0 Å². The molecule has 0 radical (unpaired) electrons. The number of carbonyl (C=O) groups is 2. The molecule has 0 bridgehead atoms. The first kappa shape index (κ1) is 34.9. The molecule has 37 heavy (non-hydrogen) atoms. The van der Waals surface area contributed by atoms with Gasteiger partial charge in [0, 0.05) is 12.8 Å². The number of carboxylic acids is 1. The van der Waals surface area contributed by atoms with Gasteiger partial charge < -0.3 is 9.84 Å². The van der Waals surface area contributed by atoms with Gasteiger partial charge in [0.05, 0.1) is 0 Å². The highest BCUT2D eigenvalue weighted by atomic mass is 16.5. The number of hydrogen-bond acceptors (Lipinski definition) is 3. The summed E-state index contributed by atoms with van der Waals surface area (Å²) in [5.41, 5.74) is 0. The maximum atomic E-state index is 12.4. The van der Waals surface area contributed by atoms with E-state index in [9.17, 15) is 9.59 Å². The van der Waals surface area contributed by atoms with Crippen molar-refractivity contribution in [2.45, 2.75) is 148 Å². The monoisotopic (exact) mass is 516 g/mol. The largest absolute Gasteiger partial charge is 0.481 e. The third kappa shape index (κ3) is 28.3. The summed E-state index contributed by atoms with van der Waals surface area (Å²) in [6.07, 6.45) is 36.9. The van der Waals surface area contributed by atoms with Crippen molar-refractivity contribution < 1.29 is 19.4 Å². The Hall–Kier alpha value is -2.10. The Bertz CT molecular complexity index is 645. The number of ether oxygens (including phenoxy) is 1. The number of carbonyl (C=O) groups excluding carboxylic acids is 1. The maximum absolute atomic E-state index is 12.4. The summed E-state index contributed by atoms with van der Waals surface area (Å²) in [5, 5.41) is 8.74. The molecule has 4 nitrogen and oxygen atoms in total. The van der Waals surface area contributed by atoms with Gasteiger partial charge >= 0.3 is 11.9 Å². The van der Waals surface area contributed by atoms with Crippen LogP contribution in [0.3, 0.4) is 0 Å². The number of esters is 1. The van der Waals surface area contributed by atoms with Crippen molar-refractivity contribution in [2.75, 3.05) is 0 Å². The Morgan fingerprint density at radius 2 is 1.14 bits per heavy atom. The Morgan fingerprint density at radius 3 is 1.73 bits per heavy atom. The fraction of sp³-hybridized carbons (Fsp3) is 0.697. The first-order valence-corrected chi connectivity index (χ1v) is 15.1. The third-order valence-electron chi connectivity index (χ3n) is 6.32. The molecule has 1 unspecified atom stereocenters. The van der Waals surface area contributed by atoms with E-state index in [2.05, 4.69) is 62.5 Å². The highest BCUT2D eigenvalue weighted by molar-refractivity contribution is 5.69. The lowest BCUT2D eigenvalue weighted by Crippen LogP contribution is -2.18. The van der Waals surface area contributed by atoms with E-state index >= 15 is 0 Å². The minimum absolute atomic E-state index is 0.0151. The fourth-order valence-corrected chi connectivity index (χ4v) is 4.11. The van der Waals surface area contributed by atoms with Gasteiger partial charge in [-0.2, -0.15) is 0 Å². The molecule has 212 valence electrons. The highest BCUT2D eigenvalue weighted by Crippen LogP contribution is 2.16. The summed E-state index contributed by atoms with van der Waals surface area (Å²) in [4.78, 5) is 23.0. The Morgan fingerprint density at radius 1 is 0.622 bits per heavy atom. The molecule has 0 rings (SSSR count). The number of unbranched alkanes of at least 4 members (excludes halogenated alkanes) is 9. The van der Waals surface area contributed by atoms with Crippen molar-refractivity contribution >= 4 is 11.9 Å². The second-order valence-electron chi connectivity index (χ2n) is 9.91. The topological polar surface area (TPSA) is 63.6 Å². The van der Waals surface area contributed by atoms with E-state index in [1.807, 2.05) is 0 Å². The van der Waals surface area contributed by atoms with Crippen LogP contribution in [0.1, 0.15) is 142 Å². The molecule has 1 N–H and O–H groups in total. The average molecular weight is 517 g/mol. The molecule has 0 aromatic rings. The lowest BCUT2D eigenvalue weighted by Gasteiger charge is -2.17. The minimum Gasteiger partial charge on any atom is -0.481 e. The van der Waals surface area contributed by atoms with E-state index < -0.39 is 5.97 Å². The molecule has 0 saturated carbocycles. The van der Waals surface area contributed by atoms with Gasteiger partial charge in [0.25, 0.3) is 0 Å². The summed E-state index contributed by atoms with van der Waals surface area (Å²) in [5.74, 6) is -0.764. The van der Waals surface area contributed by atoms with Crippen LogP contribution in [-0.2, 0) is 14.3 Å². The molecule has 0 saturated heterocycles. The number of carboxylic acid groups (broad SMARTS) is 1. The van der Waals surface area contributed by atoms with E-state index in [-0.39, 0.29) is 18.5 Å². The van der Waals surface area contributed by atoms with Crippen molar-refractivity contribution in [3.05, 3.63) is 48.6 Å². The van der Waals surface area contributed by atoms with Gasteiger partial charge in [0.1, 0.15) is 6.10 Å². The van der Waals surface area contributed by atoms with E-state index in [1.165, 1.54) is 25.7 Å². The van der Waals surface area contributed by atoms with E-state index in [4.69, 9.17) is 9.84 Å². The van der Waals surface area contributed by atoms with Gasteiger partial charge in [-0.3, -0.25) is 9.59 Å². The zero-order chi connectivity index (χ0) is 27.2. The van der Waals surface area contributed by atoms with Gasteiger partial charge in [-0.25, -0.2) is 0 Å². The Labute approximate surface area is 228 Å². The average Bonchev–Trinajstić information content (AvgIpc) is 2.87. The molecule has 0 fully saturated rings. The summed E-state index contributed by atoms with van der Waals surface area (Å²) < 4.78 is 5.87. The Balaban J connectivity index is 4.26. The molecule has 0 aromatic heterocycles. The number of rotatable bonds is 26.